The highest BCUT2D eigenvalue weighted by Crippen LogP contribution is 2.43. The molecule has 0 radical (unpaired) electrons. The van der Waals surface area contributed by atoms with Crippen LogP contribution in [0.5, 0.6) is 0 Å². The van der Waals surface area contributed by atoms with E-state index in [1.165, 1.54) is 86.6 Å². The Morgan fingerprint density at radius 2 is 0.824 bits per heavy atom. The Hall–Kier alpha value is -7.99. The Balaban J connectivity index is 1.16. The smallest absolute Gasteiger partial charge is 0.164 e. The number of thiophene rings is 1. The Labute approximate surface area is 400 Å². The predicted molar refractivity (Wildman–Crippen MR) is 288 cm³/mol. The summed E-state index contributed by atoms with van der Waals surface area (Å²) in [6, 6.07) is 66.3. The SMILES string of the molecule is Cc1cc(C)c(-c2ccc3c(c2)c2ccc(-c4c(C)cc(C)cc4C)cc2n3-c2cc(-c3ccc4sc5ccccc5c4c3)cc(-c3nc(-c4ccccc4)nc(-c4ccccc4)n3)c2)c(C)c1. The first-order chi connectivity index (χ1) is 33.1. The van der Waals surface area contributed by atoms with Crippen molar-refractivity contribution in [3.8, 4) is 73.2 Å². The molecule has 0 aliphatic rings. The van der Waals surface area contributed by atoms with E-state index in [0.717, 1.165) is 44.5 Å². The minimum Gasteiger partial charge on any atom is -0.309 e. The second-order valence-corrected chi connectivity index (χ2v) is 19.5. The van der Waals surface area contributed by atoms with E-state index >= 15 is 0 Å². The van der Waals surface area contributed by atoms with E-state index in [1.807, 2.05) is 47.7 Å². The zero-order valence-electron chi connectivity index (χ0n) is 39.0. The Kier molecular flexibility index (Phi) is 10.00. The highest BCUT2D eigenvalue weighted by molar-refractivity contribution is 7.25. The number of aromatic nitrogens is 4. The lowest BCUT2D eigenvalue weighted by molar-refractivity contribution is 1.07. The number of hydrogen-bond donors (Lipinski definition) is 0. The summed E-state index contributed by atoms with van der Waals surface area (Å²) in [7, 11) is 0. The molecule has 12 aromatic rings. The molecule has 0 saturated heterocycles. The molecule has 5 heteroatoms. The van der Waals surface area contributed by atoms with Crippen LogP contribution in [0.3, 0.4) is 0 Å². The zero-order valence-corrected chi connectivity index (χ0v) is 39.8. The molecule has 4 nitrogen and oxygen atoms in total. The summed E-state index contributed by atoms with van der Waals surface area (Å²) < 4.78 is 5.03. The molecule has 0 bridgehead atoms. The Bertz CT molecular complexity index is 3870. The van der Waals surface area contributed by atoms with Gasteiger partial charge in [-0.05, 0) is 152 Å². The largest absolute Gasteiger partial charge is 0.309 e. The summed E-state index contributed by atoms with van der Waals surface area (Å²) in [5.74, 6) is 1.88. The number of hydrogen-bond acceptors (Lipinski definition) is 4. The van der Waals surface area contributed by atoms with Crippen LogP contribution in [0, 0.1) is 41.5 Å². The van der Waals surface area contributed by atoms with Gasteiger partial charge >= 0.3 is 0 Å². The van der Waals surface area contributed by atoms with E-state index in [2.05, 4.69) is 192 Å². The minimum atomic E-state index is 0.614. The van der Waals surface area contributed by atoms with Gasteiger partial charge in [-0.2, -0.15) is 0 Å². The fraction of sp³-hybridized carbons (Fsp3) is 0.0952. The standard InChI is InChI=1S/C63H48N4S/c1-37-27-39(3)59(40(4)28-37)46-22-25-55-53(35-46)51-24-21-47(60-41(5)29-38(2)30-42(60)6)36-56(51)67(55)50-32-48(45-23-26-58-54(34-45)52-19-13-14-20-57(52)68-58)31-49(33-50)63-65-61(43-15-9-7-10-16-43)64-62(66-63)44-17-11-8-12-18-44/h7-36H,1-6H3. The quantitative estimate of drug-likeness (QED) is 0.160. The molecule has 0 atom stereocenters. The van der Waals surface area contributed by atoms with Crippen LogP contribution >= 0.6 is 11.3 Å². The maximum Gasteiger partial charge on any atom is 0.164 e. The van der Waals surface area contributed by atoms with Crippen LogP contribution in [0.1, 0.15) is 33.4 Å². The molecule has 12 rings (SSSR count). The molecule has 326 valence electrons. The number of benzene rings is 9. The zero-order chi connectivity index (χ0) is 46.2. The molecule has 0 aliphatic heterocycles. The van der Waals surface area contributed by atoms with Gasteiger partial charge < -0.3 is 4.57 Å². The first-order valence-corrected chi connectivity index (χ1v) is 24.1. The van der Waals surface area contributed by atoms with Crippen LogP contribution in [-0.2, 0) is 0 Å². The first kappa shape index (κ1) is 41.4. The first-order valence-electron chi connectivity index (χ1n) is 23.3. The van der Waals surface area contributed by atoms with E-state index in [9.17, 15) is 0 Å². The van der Waals surface area contributed by atoms with E-state index in [0.29, 0.717) is 17.5 Å². The molecule has 3 heterocycles. The molecular formula is C63H48N4S. The molecule has 68 heavy (non-hydrogen) atoms. The van der Waals surface area contributed by atoms with Crippen molar-refractivity contribution in [2.45, 2.75) is 41.5 Å². The molecule has 0 N–H and O–H groups in total. The van der Waals surface area contributed by atoms with Crippen molar-refractivity contribution in [1.82, 2.24) is 19.5 Å². The minimum absolute atomic E-state index is 0.614. The highest BCUT2D eigenvalue weighted by atomic mass is 32.1. The van der Waals surface area contributed by atoms with Gasteiger partial charge in [-0.15, -0.1) is 11.3 Å². The summed E-state index contributed by atoms with van der Waals surface area (Å²) in [5, 5.41) is 4.94. The van der Waals surface area contributed by atoms with Gasteiger partial charge in [0.25, 0.3) is 0 Å². The molecular weight excluding hydrogens is 845 g/mol. The molecule has 0 aliphatic carbocycles. The molecule has 0 unspecified atom stereocenters. The van der Waals surface area contributed by atoms with Crippen LogP contribution in [0.2, 0.25) is 0 Å². The third kappa shape index (κ3) is 7.18. The molecule has 0 fully saturated rings. The number of fused-ring (bicyclic) bond motifs is 6. The van der Waals surface area contributed by atoms with Crippen LogP contribution < -0.4 is 0 Å². The lowest BCUT2D eigenvalue weighted by atomic mass is 9.92. The maximum atomic E-state index is 5.28. The van der Waals surface area contributed by atoms with Crippen LogP contribution in [0.25, 0.3) is 115 Å². The van der Waals surface area contributed by atoms with Crippen molar-refractivity contribution < 1.29 is 0 Å². The second-order valence-electron chi connectivity index (χ2n) is 18.5. The summed E-state index contributed by atoms with van der Waals surface area (Å²) in [6.07, 6.45) is 0. The predicted octanol–water partition coefficient (Wildman–Crippen LogP) is 17.2. The fourth-order valence-corrected chi connectivity index (χ4v) is 11.8. The maximum absolute atomic E-state index is 5.28. The van der Waals surface area contributed by atoms with Gasteiger partial charge in [0.05, 0.1) is 11.0 Å². The number of aryl methyl sites for hydroxylation is 6. The van der Waals surface area contributed by atoms with Gasteiger partial charge in [-0.3, -0.25) is 0 Å². The van der Waals surface area contributed by atoms with Crippen LogP contribution in [-0.4, -0.2) is 19.5 Å². The average Bonchev–Trinajstić information content (AvgIpc) is 3.88. The van der Waals surface area contributed by atoms with Crippen molar-refractivity contribution in [2.24, 2.45) is 0 Å². The van der Waals surface area contributed by atoms with Gasteiger partial charge in [-0.1, -0.05) is 139 Å². The third-order valence-electron chi connectivity index (χ3n) is 13.5. The van der Waals surface area contributed by atoms with E-state index in [1.54, 1.807) is 0 Å². The average molecular weight is 893 g/mol. The summed E-state index contributed by atoms with van der Waals surface area (Å²) >= 11 is 1.84. The lowest BCUT2D eigenvalue weighted by Gasteiger charge is -2.16. The van der Waals surface area contributed by atoms with Crippen molar-refractivity contribution in [3.63, 3.8) is 0 Å². The number of nitrogens with zero attached hydrogens (tertiary/aromatic N) is 4. The third-order valence-corrected chi connectivity index (χ3v) is 14.7. The summed E-state index contributed by atoms with van der Waals surface area (Å²) in [5.41, 5.74) is 20.9. The highest BCUT2D eigenvalue weighted by Gasteiger charge is 2.21. The van der Waals surface area contributed by atoms with Gasteiger partial charge in [-0.25, -0.2) is 15.0 Å². The normalized spacial score (nSPS) is 11.7. The topological polar surface area (TPSA) is 43.6 Å². The lowest BCUT2D eigenvalue weighted by Crippen LogP contribution is -2.02. The molecule has 0 saturated carbocycles. The number of rotatable bonds is 7. The van der Waals surface area contributed by atoms with Gasteiger partial charge in [0.1, 0.15) is 0 Å². The van der Waals surface area contributed by atoms with Gasteiger partial charge in [0.15, 0.2) is 17.5 Å². The van der Waals surface area contributed by atoms with E-state index in [-0.39, 0.29) is 0 Å². The summed E-state index contributed by atoms with van der Waals surface area (Å²) in [4.78, 5) is 15.6. The Morgan fingerprint density at radius 1 is 0.324 bits per heavy atom. The van der Waals surface area contributed by atoms with E-state index in [4.69, 9.17) is 15.0 Å². The molecule has 9 aromatic carbocycles. The van der Waals surface area contributed by atoms with Gasteiger partial charge in [0, 0.05) is 53.3 Å². The fourth-order valence-electron chi connectivity index (χ4n) is 10.8. The van der Waals surface area contributed by atoms with Crippen molar-refractivity contribution in [3.05, 3.63) is 215 Å². The van der Waals surface area contributed by atoms with Crippen LogP contribution in [0.4, 0.5) is 0 Å². The van der Waals surface area contributed by atoms with Crippen molar-refractivity contribution >= 4 is 53.3 Å². The summed E-state index contributed by atoms with van der Waals surface area (Å²) in [6.45, 7) is 13.3. The van der Waals surface area contributed by atoms with Gasteiger partial charge in [0.2, 0.25) is 0 Å². The molecule has 0 spiro atoms. The van der Waals surface area contributed by atoms with Crippen molar-refractivity contribution in [2.75, 3.05) is 0 Å². The monoisotopic (exact) mass is 892 g/mol. The molecule has 3 aromatic heterocycles. The second kappa shape index (κ2) is 16.4. The van der Waals surface area contributed by atoms with E-state index < -0.39 is 0 Å². The Morgan fingerprint density at radius 3 is 1.46 bits per heavy atom. The van der Waals surface area contributed by atoms with Crippen LogP contribution in [0.15, 0.2) is 182 Å². The molecule has 0 amide bonds. The van der Waals surface area contributed by atoms with Crippen molar-refractivity contribution in [1.29, 1.82) is 0 Å².